The second-order valence-corrected chi connectivity index (χ2v) is 5.65. The Labute approximate surface area is 140 Å². The lowest BCUT2D eigenvalue weighted by molar-refractivity contribution is -0.384. The number of benzene rings is 2. The van der Waals surface area contributed by atoms with Crippen molar-refractivity contribution in [1.82, 2.24) is 20.2 Å². The number of hydrogen-bond donors (Lipinski definition) is 2. The molecule has 4 rings (SSSR count). The molecule has 24 heavy (non-hydrogen) atoms. The van der Waals surface area contributed by atoms with Gasteiger partial charge in [-0.2, -0.15) is 5.10 Å². The number of rotatable bonds is 3. The molecule has 0 bridgehead atoms. The molecule has 0 amide bonds. The van der Waals surface area contributed by atoms with Gasteiger partial charge in [0.15, 0.2) is 5.82 Å². The Morgan fingerprint density at radius 1 is 1.08 bits per heavy atom. The maximum Gasteiger partial charge on any atom is 0.271 e. The lowest BCUT2D eigenvalue weighted by Gasteiger charge is -1.94. The second-order valence-electron chi connectivity index (χ2n) is 5.22. The zero-order chi connectivity index (χ0) is 16.7. The van der Waals surface area contributed by atoms with Gasteiger partial charge >= 0.3 is 0 Å². The highest BCUT2D eigenvalue weighted by molar-refractivity contribution is 6.30. The summed E-state index contributed by atoms with van der Waals surface area (Å²) in [6.07, 6.45) is 0. The SMILES string of the molecule is O=[N+]([O-])c1ccc2nc(-c3cc(-c4ccc(Cl)cc4)n[nH]3)[nH]c2c1. The number of fused-ring (bicyclic) bond motifs is 1. The third-order valence-corrected chi connectivity index (χ3v) is 3.90. The molecule has 2 N–H and O–H groups in total. The van der Waals surface area contributed by atoms with Crippen LogP contribution >= 0.6 is 11.6 Å². The Bertz CT molecular complexity index is 1050. The third kappa shape index (κ3) is 2.50. The first kappa shape index (κ1) is 14.4. The lowest BCUT2D eigenvalue weighted by atomic mass is 10.1. The molecule has 7 nitrogen and oxygen atoms in total. The fourth-order valence-corrected chi connectivity index (χ4v) is 2.58. The normalized spacial score (nSPS) is 11.0. The molecule has 0 aliphatic carbocycles. The summed E-state index contributed by atoms with van der Waals surface area (Å²) >= 11 is 5.89. The molecule has 0 aliphatic heterocycles. The molecule has 0 fully saturated rings. The molecule has 0 aliphatic rings. The van der Waals surface area contributed by atoms with Crippen LogP contribution in [0.1, 0.15) is 0 Å². The Morgan fingerprint density at radius 3 is 2.62 bits per heavy atom. The molecule has 0 atom stereocenters. The first-order chi connectivity index (χ1) is 11.6. The highest BCUT2D eigenvalue weighted by atomic mass is 35.5. The summed E-state index contributed by atoms with van der Waals surface area (Å²) in [6.45, 7) is 0. The monoisotopic (exact) mass is 339 g/mol. The number of aromatic amines is 2. The quantitative estimate of drug-likeness (QED) is 0.432. The van der Waals surface area contributed by atoms with E-state index in [-0.39, 0.29) is 5.69 Å². The van der Waals surface area contributed by atoms with Crippen LogP contribution in [-0.4, -0.2) is 25.1 Å². The van der Waals surface area contributed by atoms with Gasteiger partial charge in [-0.05, 0) is 24.3 Å². The number of imidazole rings is 1. The minimum absolute atomic E-state index is 0.0177. The average Bonchev–Trinajstić information content (AvgIpc) is 3.21. The molecule has 2 aromatic heterocycles. The summed E-state index contributed by atoms with van der Waals surface area (Å²) < 4.78 is 0. The molecule has 0 saturated heterocycles. The minimum Gasteiger partial charge on any atom is -0.336 e. The largest absolute Gasteiger partial charge is 0.336 e. The van der Waals surface area contributed by atoms with Gasteiger partial charge in [0.25, 0.3) is 5.69 Å². The topological polar surface area (TPSA) is 100 Å². The summed E-state index contributed by atoms with van der Waals surface area (Å²) in [7, 11) is 0. The van der Waals surface area contributed by atoms with Crippen molar-refractivity contribution in [3.63, 3.8) is 0 Å². The van der Waals surface area contributed by atoms with Gasteiger partial charge < -0.3 is 4.98 Å². The predicted molar refractivity (Wildman–Crippen MR) is 90.8 cm³/mol. The Morgan fingerprint density at radius 2 is 1.88 bits per heavy atom. The standard InChI is InChI=1S/C16H10ClN5O2/c17-10-3-1-9(2-4-10)13-8-15(21-20-13)16-18-12-6-5-11(22(23)24)7-14(12)19-16/h1-8H,(H,18,19)(H,20,21). The van der Waals surface area contributed by atoms with E-state index in [0.29, 0.717) is 27.6 Å². The van der Waals surface area contributed by atoms with E-state index in [1.807, 2.05) is 18.2 Å². The molecule has 0 saturated carbocycles. The van der Waals surface area contributed by atoms with Crippen molar-refractivity contribution < 1.29 is 4.92 Å². The van der Waals surface area contributed by atoms with Crippen LogP contribution in [0.2, 0.25) is 5.02 Å². The van der Waals surface area contributed by atoms with Crippen molar-refractivity contribution >= 4 is 28.3 Å². The number of H-pyrrole nitrogens is 2. The van der Waals surface area contributed by atoms with E-state index in [1.54, 1.807) is 18.2 Å². The van der Waals surface area contributed by atoms with E-state index >= 15 is 0 Å². The number of nitrogens with one attached hydrogen (secondary N) is 2. The molecule has 8 heteroatoms. The Hall–Kier alpha value is -3.19. The lowest BCUT2D eigenvalue weighted by Crippen LogP contribution is -1.86. The van der Waals surface area contributed by atoms with Crippen molar-refractivity contribution in [2.75, 3.05) is 0 Å². The maximum atomic E-state index is 10.9. The molecule has 0 spiro atoms. The highest BCUT2D eigenvalue weighted by Gasteiger charge is 2.13. The van der Waals surface area contributed by atoms with Gasteiger partial charge in [0, 0.05) is 22.7 Å². The zero-order valence-electron chi connectivity index (χ0n) is 12.2. The van der Waals surface area contributed by atoms with Crippen LogP contribution in [-0.2, 0) is 0 Å². The number of non-ortho nitro benzene ring substituents is 1. The van der Waals surface area contributed by atoms with E-state index < -0.39 is 4.92 Å². The van der Waals surface area contributed by atoms with Gasteiger partial charge in [-0.1, -0.05) is 23.7 Å². The van der Waals surface area contributed by atoms with Crippen LogP contribution in [0.15, 0.2) is 48.5 Å². The molecule has 2 aromatic carbocycles. The van der Waals surface area contributed by atoms with Crippen LogP contribution in [0.4, 0.5) is 5.69 Å². The van der Waals surface area contributed by atoms with E-state index in [0.717, 1.165) is 11.3 Å². The maximum absolute atomic E-state index is 10.9. The van der Waals surface area contributed by atoms with Gasteiger partial charge in [0.05, 0.1) is 21.7 Å². The second kappa shape index (κ2) is 5.47. The van der Waals surface area contributed by atoms with E-state index in [9.17, 15) is 10.1 Å². The van der Waals surface area contributed by atoms with Gasteiger partial charge in [0.2, 0.25) is 0 Å². The van der Waals surface area contributed by atoms with E-state index in [4.69, 9.17) is 11.6 Å². The summed E-state index contributed by atoms with van der Waals surface area (Å²) in [5.74, 6) is 0.568. The predicted octanol–water partition coefficient (Wildman–Crippen LogP) is 4.18. The zero-order valence-corrected chi connectivity index (χ0v) is 12.9. The van der Waals surface area contributed by atoms with Crippen molar-refractivity contribution in [3.8, 4) is 22.8 Å². The smallest absolute Gasteiger partial charge is 0.271 e. The summed E-state index contributed by atoms with van der Waals surface area (Å²) in [5, 5.41) is 18.7. The van der Waals surface area contributed by atoms with Gasteiger partial charge in [-0.15, -0.1) is 0 Å². The summed E-state index contributed by atoms with van der Waals surface area (Å²) in [6, 6.07) is 13.7. The van der Waals surface area contributed by atoms with Crippen LogP contribution in [0.25, 0.3) is 33.8 Å². The minimum atomic E-state index is -0.436. The highest BCUT2D eigenvalue weighted by Crippen LogP contribution is 2.26. The third-order valence-electron chi connectivity index (χ3n) is 3.65. The molecular weight excluding hydrogens is 330 g/mol. The van der Waals surface area contributed by atoms with Crippen LogP contribution in [0.5, 0.6) is 0 Å². The molecule has 4 aromatic rings. The molecular formula is C16H10ClN5O2. The van der Waals surface area contributed by atoms with Gasteiger partial charge in [0.1, 0.15) is 5.69 Å². The van der Waals surface area contributed by atoms with Crippen LogP contribution in [0.3, 0.4) is 0 Å². The number of nitrogens with zero attached hydrogens (tertiary/aromatic N) is 3. The van der Waals surface area contributed by atoms with Crippen molar-refractivity contribution in [2.45, 2.75) is 0 Å². The number of nitro benzene ring substituents is 1. The fourth-order valence-electron chi connectivity index (χ4n) is 2.45. The molecule has 118 valence electrons. The van der Waals surface area contributed by atoms with Crippen molar-refractivity contribution in [1.29, 1.82) is 0 Å². The summed E-state index contributed by atoms with van der Waals surface area (Å²) in [5.41, 5.74) is 3.64. The number of aromatic nitrogens is 4. The summed E-state index contributed by atoms with van der Waals surface area (Å²) in [4.78, 5) is 17.9. The van der Waals surface area contributed by atoms with Crippen molar-refractivity contribution in [3.05, 3.63) is 63.7 Å². The van der Waals surface area contributed by atoms with E-state index in [2.05, 4.69) is 20.2 Å². The molecule has 0 unspecified atom stereocenters. The average molecular weight is 340 g/mol. The Kier molecular flexibility index (Phi) is 3.28. The van der Waals surface area contributed by atoms with Gasteiger partial charge in [-0.25, -0.2) is 4.98 Å². The van der Waals surface area contributed by atoms with Gasteiger partial charge in [-0.3, -0.25) is 15.2 Å². The first-order valence-corrected chi connectivity index (χ1v) is 7.44. The van der Waals surface area contributed by atoms with E-state index in [1.165, 1.54) is 12.1 Å². The number of nitro groups is 1. The van der Waals surface area contributed by atoms with Crippen LogP contribution in [0, 0.1) is 10.1 Å². The van der Waals surface area contributed by atoms with Crippen LogP contribution < -0.4 is 0 Å². The first-order valence-electron chi connectivity index (χ1n) is 7.06. The van der Waals surface area contributed by atoms with Crippen molar-refractivity contribution in [2.24, 2.45) is 0 Å². The Balaban J connectivity index is 1.72. The fraction of sp³-hybridized carbons (Fsp3) is 0. The number of hydrogen-bond acceptors (Lipinski definition) is 4. The molecule has 2 heterocycles. The number of halogens is 1. The molecule has 0 radical (unpaired) electrons.